The van der Waals surface area contributed by atoms with Crippen LogP contribution in [0.15, 0.2) is 36.4 Å². The zero-order valence-corrected chi connectivity index (χ0v) is 10.6. The predicted molar refractivity (Wildman–Crippen MR) is 70.0 cm³/mol. The van der Waals surface area contributed by atoms with Gasteiger partial charge in [0.05, 0.1) is 24.3 Å². The van der Waals surface area contributed by atoms with E-state index in [9.17, 15) is 9.59 Å². The molecule has 0 amide bonds. The van der Waals surface area contributed by atoms with Gasteiger partial charge in [-0.2, -0.15) is 0 Å². The van der Waals surface area contributed by atoms with Gasteiger partial charge in [-0.25, -0.2) is 9.59 Å². The van der Waals surface area contributed by atoms with E-state index < -0.39 is 11.9 Å². The predicted octanol–water partition coefficient (Wildman–Crippen LogP) is 2.74. The van der Waals surface area contributed by atoms with Crippen molar-refractivity contribution in [3.8, 4) is 0 Å². The molecule has 0 saturated heterocycles. The highest BCUT2D eigenvalue weighted by Gasteiger charge is 2.18. The number of rotatable bonds is 0. The molecule has 0 atom stereocenters. The van der Waals surface area contributed by atoms with Gasteiger partial charge in [-0.3, -0.25) is 0 Å². The standard InChI is InChI=1S/C15H16O4/c16-14-12-8-4-5-9-13(12)15(17)19-11-7-3-1-2-6-10-18-14/h1-2,4-5,8-9H,3,6-7,10-11H2/b2-1+. The first-order valence-electron chi connectivity index (χ1n) is 6.37. The van der Waals surface area contributed by atoms with Gasteiger partial charge in [-0.15, -0.1) is 0 Å². The van der Waals surface area contributed by atoms with E-state index >= 15 is 0 Å². The van der Waals surface area contributed by atoms with Crippen molar-refractivity contribution in [2.45, 2.75) is 19.3 Å². The molecule has 0 aliphatic carbocycles. The maximum Gasteiger partial charge on any atom is 0.339 e. The van der Waals surface area contributed by atoms with Crippen molar-refractivity contribution in [3.05, 3.63) is 47.5 Å². The first kappa shape index (κ1) is 13.3. The number of fused-ring (bicyclic) bond motifs is 1. The van der Waals surface area contributed by atoms with Crippen molar-refractivity contribution in [1.82, 2.24) is 0 Å². The third-order valence-electron chi connectivity index (χ3n) is 2.80. The summed E-state index contributed by atoms with van der Waals surface area (Å²) in [6.45, 7) is 0.672. The van der Waals surface area contributed by atoms with E-state index in [1.807, 2.05) is 12.2 Å². The number of cyclic esters (lactones) is 2. The molecule has 1 aromatic carbocycles. The molecule has 4 heteroatoms. The molecule has 0 N–H and O–H groups in total. The average molecular weight is 260 g/mol. The Morgan fingerprint density at radius 1 is 0.789 bits per heavy atom. The molecule has 0 bridgehead atoms. The average Bonchev–Trinajstić information content (AvgIpc) is 2.45. The zero-order valence-electron chi connectivity index (χ0n) is 10.6. The van der Waals surface area contributed by atoms with E-state index in [1.54, 1.807) is 24.3 Å². The van der Waals surface area contributed by atoms with Gasteiger partial charge < -0.3 is 9.47 Å². The fraction of sp³-hybridized carbons (Fsp3) is 0.333. The van der Waals surface area contributed by atoms with E-state index in [0.29, 0.717) is 19.6 Å². The highest BCUT2D eigenvalue weighted by atomic mass is 16.5. The van der Waals surface area contributed by atoms with E-state index in [0.717, 1.165) is 12.8 Å². The molecule has 0 unspecified atom stereocenters. The summed E-state index contributed by atoms with van der Waals surface area (Å²) in [5.41, 5.74) is 0.524. The van der Waals surface area contributed by atoms with Crippen LogP contribution in [-0.4, -0.2) is 25.2 Å². The van der Waals surface area contributed by atoms with Crippen LogP contribution < -0.4 is 0 Å². The van der Waals surface area contributed by atoms with Crippen LogP contribution in [0.3, 0.4) is 0 Å². The maximum atomic E-state index is 11.9. The van der Waals surface area contributed by atoms with Crippen LogP contribution in [0.2, 0.25) is 0 Å². The molecule has 1 aliphatic rings. The molecule has 0 saturated carbocycles. The van der Waals surface area contributed by atoms with E-state index in [-0.39, 0.29) is 11.1 Å². The first-order chi connectivity index (χ1) is 9.29. The SMILES string of the molecule is O=C1OCC/C=C/CCCOC(=O)c2ccccc21. The molecular weight excluding hydrogens is 244 g/mol. The summed E-state index contributed by atoms with van der Waals surface area (Å²) in [5.74, 6) is -0.962. The van der Waals surface area contributed by atoms with Crippen LogP contribution in [0, 0.1) is 0 Å². The maximum absolute atomic E-state index is 11.9. The molecule has 100 valence electrons. The minimum atomic E-state index is -0.486. The Labute approximate surface area is 112 Å². The van der Waals surface area contributed by atoms with Crippen LogP contribution in [0.1, 0.15) is 40.0 Å². The van der Waals surface area contributed by atoms with Crippen LogP contribution in [0.5, 0.6) is 0 Å². The van der Waals surface area contributed by atoms with Gasteiger partial charge in [0.2, 0.25) is 0 Å². The monoisotopic (exact) mass is 260 g/mol. The third-order valence-corrected chi connectivity index (χ3v) is 2.80. The van der Waals surface area contributed by atoms with Crippen molar-refractivity contribution >= 4 is 11.9 Å². The van der Waals surface area contributed by atoms with Crippen LogP contribution in [0.4, 0.5) is 0 Å². The first-order valence-corrected chi connectivity index (χ1v) is 6.37. The molecule has 1 heterocycles. The van der Waals surface area contributed by atoms with Gasteiger partial charge in [0.25, 0.3) is 0 Å². The van der Waals surface area contributed by atoms with Crippen LogP contribution in [0.25, 0.3) is 0 Å². The molecule has 4 nitrogen and oxygen atoms in total. The van der Waals surface area contributed by atoms with Gasteiger partial charge in [-0.1, -0.05) is 24.3 Å². The number of allylic oxidation sites excluding steroid dienone is 1. The van der Waals surface area contributed by atoms with Gasteiger partial charge in [0, 0.05) is 0 Å². The molecule has 0 fully saturated rings. The molecule has 0 radical (unpaired) electrons. The minimum absolute atomic E-state index is 0.260. The largest absolute Gasteiger partial charge is 0.462 e. The quantitative estimate of drug-likeness (QED) is 0.531. The lowest BCUT2D eigenvalue weighted by Gasteiger charge is -2.08. The van der Waals surface area contributed by atoms with Crippen molar-refractivity contribution in [2.75, 3.05) is 13.2 Å². The summed E-state index contributed by atoms with van der Waals surface area (Å²) in [4.78, 5) is 23.8. The lowest BCUT2D eigenvalue weighted by Crippen LogP contribution is -2.14. The van der Waals surface area contributed by atoms with Crippen molar-refractivity contribution < 1.29 is 19.1 Å². The van der Waals surface area contributed by atoms with Crippen LogP contribution in [-0.2, 0) is 9.47 Å². The third kappa shape index (κ3) is 3.68. The highest BCUT2D eigenvalue weighted by molar-refractivity contribution is 6.03. The topological polar surface area (TPSA) is 52.6 Å². The molecule has 2 rings (SSSR count). The fourth-order valence-corrected chi connectivity index (χ4v) is 1.82. The number of hydrogen-bond acceptors (Lipinski definition) is 4. The minimum Gasteiger partial charge on any atom is -0.462 e. The number of benzene rings is 1. The van der Waals surface area contributed by atoms with Crippen molar-refractivity contribution in [2.24, 2.45) is 0 Å². The summed E-state index contributed by atoms with van der Waals surface area (Å²) in [7, 11) is 0. The zero-order chi connectivity index (χ0) is 13.5. The molecular formula is C15H16O4. The van der Waals surface area contributed by atoms with Crippen molar-refractivity contribution in [3.63, 3.8) is 0 Å². The number of esters is 2. The van der Waals surface area contributed by atoms with Gasteiger partial charge in [0.1, 0.15) is 0 Å². The second-order valence-corrected chi connectivity index (χ2v) is 4.22. The summed E-state index contributed by atoms with van der Waals surface area (Å²) in [6.07, 6.45) is 6.29. The van der Waals surface area contributed by atoms with Gasteiger partial charge in [0.15, 0.2) is 0 Å². The Bertz CT molecular complexity index is 491. The highest BCUT2D eigenvalue weighted by Crippen LogP contribution is 2.13. The Hall–Kier alpha value is -2.10. The van der Waals surface area contributed by atoms with E-state index in [4.69, 9.17) is 9.47 Å². The Morgan fingerprint density at radius 3 is 2.05 bits per heavy atom. The summed E-state index contributed by atoms with van der Waals surface area (Å²) < 4.78 is 10.3. The Kier molecular flexibility index (Phi) is 4.72. The number of carbonyl (C=O) groups is 2. The lowest BCUT2D eigenvalue weighted by molar-refractivity contribution is 0.0460. The summed E-state index contributed by atoms with van der Waals surface area (Å²) in [6, 6.07) is 6.56. The van der Waals surface area contributed by atoms with Crippen LogP contribution >= 0.6 is 0 Å². The molecule has 19 heavy (non-hydrogen) atoms. The summed E-state index contributed by atoms with van der Waals surface area (Å²) >= 11 is 0. The van der Waals surface area contributed by atoms with Gasteiger partial charge >= 0.3 is 11.9 Å². The Balaban J connectivity index is 2.22. The fourth-order valence-electron chi connectivity index (χ4n) is 1.82. The second-order valence-electron chi connectivity index (χ2n) is 4.22. The summed E-state index contributed by atoms with van der Waals surface area (Å²) in [5, 5.41) is 0. The lowest BCUT2D eigenvalue weighted by atomic mass is 10.1. The van der Waals surface area contributed by atoms with Crippen molar-refractivity contribution in [1.29, 1.82) is 0 Å². The number of carbonyl (C=O) groups excluding carboxylic acids is 2. The van der Waals surface area contributed by atoms with Gasteiger partial charge in [-0.05, 0) is 31.4 Å². The Morgan fingerprint density at radius 2 is 1.37 bits per heavy atom. The molecule has 0 spiro atoms. The number of hydrogen-bond donors (Lipinski definition) is 0. The second kappa shape index (κ2) is 6.73. The smallest absolute Gasteiger partial charge is 0.339 e. The number of ether oxygens (including phenoxy) is 2. The van der Waals surface area contributed by atoms with E-state index in [2.05, 4.69) is 0 Å². The molecule has 1 aromatic rings. The molecule has 1 aliphatic heterocycles. The normalized spacial score (nSPS) is 18.9. The van der Waals surface area contributed by atoms with E-state index in [1.165, 1.54) is 0 Å². The molecule has 0 aromatic heterocycles.